The largest absolute Gasteiger partial charge is 0.378 e. The van der Waals surface area contributed by atoms with E-state index in [1.54, 1.807) is 24.8 Å². The first kappa shape index (κ1) is 49.1. The van der Waals surface area contributed by atoms with Crippen LogP contribution in [-0.2, 0) is 0 Å². The number of hydrogen-bond acceptors (Lipinski definition) is 11. The van der Waals surface area contributed by atoms with E-state index in [2.05, 4.69) is 98.7 Å². The zero-order valence-corrected chi connectivity index (χ0v) is 38.6. The number of nitrogens with zero attached hydrogens (tertiary/aromatic N) is 11. The van der Waals surface area contributed by atoms with Crippen molar-refractivity contribution in [1.29, 1.82) is 0 Å². The van der Waals surface area contributed by atoms with Gasteiger partial charge in [-0.3, -0.25) is 20.0 Å². The number of anilines is 1. The van der Waals surface area contributed by atoms with E-state index in [1.165, 1.54) is 153 Å². The Morgan fingerprint density at radius 2 is 1.03 bits per heavy atom. The highest BCUT2D eigenvalue weighted by Gasteiger charge is 2.28. The van der Waals surface area contributed by atoms with Gasteiger partial charge in [0.15, 0.2) is 5.96 Å². The lowest BCUT2D eigenvalue weighted by molar-refractivity contribution is 0.110. The maximum atomic E-state index is 4.55. The normalized spacial score (nSPS) is 21.8. The van der Waals surface area contributed by atoms with E-state index in [0.29, 0.717) is 0 Å². The molecule has 6 heterocycles. The highest BCUT2D eigenvalue weighted by molar-refractivity contribution is 5.83. The first-order chi connectivity index (χ1) is 28.1. The van der Waals surface area contributed by atoms with E-state index in [9.17, 15) is 0 Å². The lowest BCUT2D eigenvalue weighted by atomic mass is 9.89. The van der Waals surface area contributed by atoms with Crippen LogP contribution in [-0.4, -0.2) is 179 Å². The summed E-state index contributed by atoms with van der Waals surface area (Å²) in [6.45, 7) is 8.22. The number of amidine groups is 1. The maximum absolute atomic E-state index is 4.55. The van der Waals surface area contributed by atoms with Crippen molar-refractivity contribution in [2.45, 2.75) is 121 Å². The summed E-state index contributed by atoms with van der Waals surface area (Å²) in [5.74, 6) is 2.62. The summed E-state index contributed by atoms with van der Waals surface area (Å²) < 4.78 is 0. The van der Waals surface area contributed by atoms with Gasteiger partial charge in [0.05, 0.1) is 5.84 Å². The van der Waals surface area contributed by atoms with Crippen molar-refractivity contribution >= 4 is 17.5 Å². The molecule has 328 valence electrons. The molecule has 58 heavy (non-hydrogen) atoms. The molecule has 0 bridgehead atoms. The number of rotatable bonds is 4. The summed E-state index contributed by atoms with van der Waals surface area (Å²) in [4.78, 5) is 33.0. The van der Waals surface area contributed by atoms with Crippen LogP contribution in [0, 0.1) is 0 Å². The monoisotopic (exact) mass is 804 g/mol. The Balaban J connectivity index is 0.000000188. The average Bonchev–Trinajstić information content (AvgIpc) is 3.52. The summed E-state index contributed by atoms with van der Waals surface area (Å²) >= 11 is 0. The molecule has 2 saturated heterocycles. The number of fused-ring (bicyclic) bond motifs is 2. The first-order valence-corrected chi connectivity index (χ1v) is 22.8. The molecule has 2 saturated carbocycles. The summed E-state index contributed by atoms with van der Waals surface area (Å²) in [5, 5.41) is 0. The number of pyridine rings is 2. The third kappa shape index (κ3) is 19.2. The molecule has 2 atom stereocenters. The number of guanidine groups is 1. The molecule has 0 unspecified atom stereocenters. The number of hydrogen-bond donors (Lipinski definition) is 0. The van der Waals surface area contributed by atoms with Gasteiger partial charge >= 0.3 is 0 Å². The fourth-order valence-corrected chi connectivity index (χ4v) is 8.60. The molecule has 0 N–H and O–H groups in total. The highest BCUT2D eigenvalue weighted by atomic mass is 15.4. The highest BCUT2D eigenvalue weighted by Crippen LogP contribution is 2.24. The van der Waals surface area contributed by atoms with Crippen molar-refractivity contribution in [3.05, 3.63) is 55.1 Å². The molecule has 4 aliphatic heterocycles. The van der Waals surface area contributed by atoms with Gasteiger partial charge in [-0.15, -0.1) is 0 Å². The summed E-state index contributed by atoms with van der Waals surface area (Å²) in [6, 6.07) is 12.1. The van der Waals surface area contributed by atoms with Crippen molar-refractivity contribution in [3.8, 4) is 0 Å². The van der Waals surface area contributed by atoms with Gasteiger partial charge in [-0.05, 0) is 124 Å². The van der Waals surface area contributed by atoms with Crippen LogP contribution in [0.2, 0.25) is 0 Å². The molecule has 8 rings (SSSR count). The Morgan fingerprint density at radius 1 is 0.500 bits per heavy atom. The fraction of sp³-hybridized carbons (Fsp3) is 0.745. The second-order valence-corrected chi connectivity index (χ2v) is 17.5. The smallest absolute Gasteiger partial charge is 0.196 e. The van der Waals surface area contributed by atoms with Crippen molar-refractivity contribution in [2.75, 3.05) is 114 Å². The topological polar surface area (TPSA) is 73.2 Å². The zero-order valence-electron chi connectivity index (χ0n) is 38.6. The number of aliphatic imine (C=N–C) groups is 2. The molecule has 2 aromatic rings. The fourth-order valence-electron chi connectivity index (χ4n) is 8.60. The average molecular weight is 804 g/mol. The Bertz CT molecular complexity index is 1300. The first-order valence-electron chi connectivity index (χ1n) is 22.8. The van der Waals surface area contributed by atoms with E-state index in [4.69, 9.17) is 0 Å². The van der Waals surface area contributed by atoms with Crippen LogP contribution >= 0.6 is 0 Å². The molecule has 0 radical (unpaired) electrons. The third-order valence-corrected chi connectivity index (χ3v) is 12.0. The third-order valence-electron chi connectivity index (χ3n) is 12.0. The van der Waals surface area contributed by atoms with Crippen molar-refractivity contribution in [2.24, 2.45) is 9.98 Å². The summed E-state index contributed by atoms with van der Waals surface area (Å²) in [7, 11) is 19.3. The summed E-state index contributed by atoms with van der Waals surface area (Å²) in [5.41, 5.74) is 1.19. The molecule has 0 aromatic carbocycles. The SMILES string of the molecule is C1CCC2=NCCCN2CC1.CN(C)C1CCCCC1.CN(C)[C@H]1CCCC[C@@H]1N(C)C.CN(C)c1ccncc1.CN1CCCN2CCCN=C12.c1ccncc1. The molecule has 11 nitrogen and oxygen atoms in total. The van der Waals surface area contributed by atoms with E-state index in [1.807, 2.05) is 49.3 Å². The Morgan fingerprint density at radius 3 is 1.53 bits per heavy atom. The Hall–Kier alpha value is -3.28. The molecular formula is C47H85N11. The minimum Gasteiger partial charge on any atom is -0.378 e. The van der Waals surface area contributed by atoms with Crippen LogP contribution in [0.1, 0.15) is 103 Å². The van der Waals surface area contributed by atoms with Gasteiger partial charge < -0.3 is 34.3 Å². The summed E-state index contributed by atoms with van der Waals surface area (Å²) in [6.07, 6.45) is 29.0. The lowest BCUT2D eigenvalue weighted by Gasteiger charge is -2.39. The minimum absolute atomic E-state index is 0.772. The van der Waals surface area contributed by atoms with Crippen LogP contribution in [0.5, 0.6) is 0 Å². The van der Waals surface area contributed by atoms with Gasteiger partial charge in [0.1, 0.15) is 0 Å². The van der Waals surface area contributed by atoms with Crippen LogP contribution in [0.4, 0.5) is 5.69 Å². The standard InChI is InChI=1S/C10H22N2.C9H16N2.C8H15N3.C8H17N.C7H10N2.C5H5N/c1-11(2)9-7-5-6-8-10(9)12(3)4;1-2-5-9-10-6-4-8-11(9)7-3-1;1-10-5-3-7-11-6-2-4-9-8(10)11;1-9(2)8-6-4-3-5-7-8;1-9(2)7-3-5-8-6-4-7;1-2-4-6-5-3-1/h9-10H,5-8H2,1-4H3;1-8H2;2-7H2,1H3;8H,3-7H2,1-2H3;3-6H,1-2H3;1-5H/t9-,10-;;;;;/m0...../s1. The van der Waals surface area contributed by atoms with Gasteiger partial charge in [0, 0.05) is 122 Å². The van der Waals surface area contributed by atoms with E-state index in [0.717, 1.165) is 31.2 Å². The van der Waals surface area contributed by atoms with Crippen LogP contribution in [0.3, 0.4) is 0 Å². The van der Waals surface area contributed by atoms with Gasteiger partial charge in [0.25, 0.3) is 0 Å². The minimum atomic E-state index is 0.772. The molecule has 2 aromatic heterocycles. The van der Waals surface area contributed by atoms with Gasteiger partial charge in [0.2, 0.25) is 0 Å². The zero-order chi connectivity index (χ0) is 42.0. The van der Waals surface area contributed by atoms with Crippen molar-refractivity contribution in [3.63, 3.8) is 0 Å². The predicted molar refractivity (Wildman–Crippen MR) is 249 cm³/mol. The molecule has 0 spiro atoms. The molecule has 2 aliphatic carbocycles. The van der Waals surface area contributed by atoms with E-state index >= 15 is 0 Å². The molecule has 4 fully saturated rings. The molecule has 6 aliphatic rings. The van der Waals surface area contributed by atoms with Crippen LogP contribution in [0.25, 0.3) is 0 Å². The lowest BCUT2D eigenvalue weighted by Crippen LogP contribution is -2.50. The number of likely N-dealkylation sites (N-methyl/N-ethyl adjacent to an activating group) is 2. The molecule has 11 heteroatoms. The number of aromatic nitrogens is 2. The quantitative estimate of drug-likeness (QED) is 0.311. The van der Waals surface area contributed by atoms with Gasteiger partial charge in [-0.2, -0.15) is 0 Å². The second kappa shape index (κ2) is 29.0. The van der Waals surface area contributed by atoms with Gasteiger partial charge in [-0.1, -0.05) is 44.6 Å². The van der Waals surface area contributed by atoms with Gasteiger partial charge in [-0.25, -0.2) is 0 Å². The predicted octanol–water partition coefficient (Wildman–Crippen LogP) is 7.58. The van der Waals surface area contributed by atoms with E-state index < -0.39 is 0 Å². The van der Waals surface area contributed by atoms with Crippen LogP contribution < -0.4 is 4.90 Å². The van der Waals surface area contributed by atoms with Crippen molar-refractivity contribution in [1.82, 2.24) is 39.4 Å². The van der Waals surface area contributed by atoms with Crippen LogP contribution in [0.15, 0.2) is 65.1 Å². The molecular weight excluding hydrogens is 719 g/mol. The van der Waals surface area contributed by atoms with Crippen molar-refractivity contribution < 1.29 is 0 Å². The van der Waals surface area contributed by atoms with E-state index in [-0.39, 0.29) is 0 Å². The maximum Gasteiger partial charge on any atom is 0.196 e. The Labute approximate surface area is 356 Å². The molecule has 0 amide bonds. The second-order valence-electron chi connectivity index (χ2n) is 17.5. The Kier molecular flexibility index (Phi) is 24.6.